The minimum Gasteiger partial charge on any atom is -0.497 e. The van der Waals surface area contributed by atoms with Crippen LogP contribution in [0.25, 0.3) is 10.9 Å². The molecule has 2 heterocycles. The smallest absolute Gasteiger partial charge is 0.324 e. The number of anilines is 1. The topological polar surface area (TPSA) is 69.4 Å². The molecule has 0 aliphatic carbocycles. The van der Waals surface area contributed by atoms with Gasteiger partial charge in [-0.2, -0.15) is 9.97 Å². The van der Waals surface area contributed by atoms with Crippen molar-refractivity contribution in [2.45, 2.75) is 13.5 Å². The third-order valence-corrected chi connectivity index (χ3v) is 4.89. The summed E-state index contributed by atoms with van der Waals surface area (Å²) in [5, 5.41) is 4.98. The number of methoxy groups -OCH3 is 1. The Morgan fingerprint density at radius 1 is 1.07 bits per heavy atom. The first-order valence-electron chi connectivity index (χ1n) is 8.79. The number of fused-ring (bicyclic) bond motifs is 1. The van der Waals surface area contributed by atoms with Crippen LogP contribution in [-0.2, 0) is 6.54 Å². The highest BCUT2D eigenvalue weighted by molar-refractivity contribution is 6.35. The van der Waals surface area contributed by atoms with Gasteiger partial charge in [0.2, 0.25) is 0 Å². The Bertz CT molecular complexity index is 1180. The molecule has 148 valence electrons. The lowest BCUT2D eigenvalue weighted by atomic mass is 10.2. The zero-order chi connectivity index (χ0) is 20.4. The van der Waals surface area contributed by atoms with Gasteiger partial charge < -0.3 is 19.2 Å². The van der Waals surface area contributed by atoms with Gasteiger partial charge in [-0.05, 0) is 55.0 Å². The van der Waals surface area contributed by atoms with E-state index in [1.807, 2.05) is 31.2 Å². The van der Waals surface area contributed by atoms with Crippen molar-refractivity contribution in [3.05, 3.63) is 70.1 Å². The molecule has 0 saturated carbocycles. The molecule has 1 N–H and O–H groups in total. The average molecular weight is 430 g/mol. The lowest BCUT2D eigenvalue weighted by Crippen LogP contribution is -2.05. The van der Waals surface area contributed by atoms with Crippen LogP contribution in [0.3, 0.4) is 0 Å². The molecule has 6 nitrogen and oxygen atoms in total. The molecule has 0 radical (unpaired) electrons. The molecule has 4 aromatic rings. The highest BCUT2D eigenvalue weighted by atomic mass is 35.5. The number of benzene rings is 2. The highest BCUT2D eigenvalue weighted by Crippen LogP contribution is 2.33. The van der Waals surface area contributed by atoms with E-state index in [1.54, 1.807) is 31.6 Å². The van der Waals surface area contributed by atoms with Gasteiger partial charge in [0.1, 0.15) is 23.1 Å². The number of hydrogen-bond donors (Lipinski definition) is 1. The van der Waals surface area contributed by atoms with Crippen LogP contribution < -0.4 is 14.8 Å². The number of aromatic nitrogens is 2. The van der Waals surface area contributed by atoms with Crippen LogP contribution in [-0.4, -0.2) is 17.1 Å². The first-order valence-corrected chi connectivity index (χ1v) is 9.54. The van der Waals surface area contributed by atoms with E-state index in [0.29, 0.717) is 39.4 Å². The molecule has 0 bridgehead atoms. The van der Waals surface area contributed by atoms with Crippen LogP contribution in [0.2, 0.25) is 10.0 Å². The second-order valence-electron chi connectivity index (χ2n) is 6.30. The third-order valence-electron chi connectivity index (χ3n) is 4.36. The first-order chi connectivity index (χ1) is 14.0. The maximum atomic E-state index is 6.21. The van der Waals surface area contributed by atoms with E-state index in [1.165, 1.54) is 0 Å². The molecule has 29 heavy (non-hydrogen) atoms. The summed E-state index contributed by atoms with van der Waals surface area (Å²) < 4.78 is 16.7. The number of rotatable bonds is 6. The fourth-order valence-corrected chi connectivity index (χ4v) is 3.25. The lowest BCUT2D eigenvalue weighted by Gasteiger charge is -2.12. The first kappa shape index (κ1) is 19.4. The zero-order valence-electron chi connectivity index (χ0n) is 15.7. The molecule has 0 unspecified atom stereocenters. The molecule has 0 aliphatic heterocycles. The summed E-state index contributed by atoms with van der Waals surface area (Å²) in [7, 11) is 1.61. The quantitative estimate of drug-likeness (QED) is 0.390. The largest absolute Gasteiger partial charge is 0.497 e. The van der Waals surface area contributed by atoms with Gasteiger partial charge in [0.05, 0.1) is 30.5 Å². The van der Waals surface area contributed by atoms with E-state index in [9.17, 15) is 0 Å². The summed E-state index contributed by atoms with van der Waals surface area (Å²) in [5.41, 5.74) is 1.75. The number of nitrogens with one attached hydrogen (secondary N) is 1. The van der Waals surface area contributed by atoms with Gasteiger partial charge in [0.25, 0.3) is 0 Å². The molecule has 4 rings (SSSR count). The number of aryl methyl sites for hydroxylation is 1. The molecule has 0 aliphatic rings. The maximum absolute atomic E-state index is 6.21. The van der Waals surface area contributed by atoms with E-state index >= 15 is 0 Å². The second-order valence-corrected chi connectivity index (χ2v) is 7.14. The number of furan rings is 1. The minimum atomic E-state index is 0.158. The Hall–Kier alpha value is -2.96. The van der Waals surface area contributed by atoms with Crippen LogP contribution in [0.4, 0.5) is 5.82 Å². The fourth-order valence-electron chi connectivity index (χ4n) is 2.80. The molecule has 0 spiro atoms. The third kappa shape index (κ3) is 4.23. The minimum absolute atomic E-state index is 0.158. The van der Waals surface area contributed by atoms with Gasteiger partial charge in [-0.15, -0.1) is 0 Å². The van der Waals surface area contributed by atoms with Crippen LogP contribution in [0.5, 0.6) is 17.5 Å². The van der Waals surface area contributed by atoms with Crippen LogP contribution in [0, 0.1) is 6.92 Å². The van der Waals surface area contributed by atoms with Gasteiger partial charge >= 0.3 is 6.01 Å². The van der Waals surface area contributed by atoms with Gasteiger partial charge in [0, 0.05) is 10.4 Å². The van der Waals surface area contributed by atoms with Crippen molar-refractivity contribution in [1.82, 2.24) is 9.97 Å². The number of ether oxygens (including phenoxy) is 2. The maximum Gasteiger partial charge on any atom is 0.324 e. The molecule has 8 heteroatoms. The number of nitrogens with zero attached hydrogens (tertiary/aromatic N) is 2. The summed E-state index contributed by atoms with van der Waals surface area (Å²) in [4.78, 5) is 9.02. The van der Waals surface area contributed by atoms with Crippen LogP contribution in [0.1, 0.15) is 11.3 Å². The summed E-state index contributed by atoms with van der Waals surface area (Å²) >= 11 is 12.2. The predicted octanol–water partition coefficient (Wildman–Crippen LogP) is 6.25. The summed E-state index contributed by atoms with van der Waals surface area (Å²) in [5.74, 6) is 2.53. The number of hydrogen-bond acceptors (Lipinski definition) is 6. The van der Waals surface area contributed by atoms with Gasteiger partial charge in [-0.25, -0.2) is 0 Å². The number of halogens is 2. The van der Waals surface area contributed by atoms with E-state index < -0.39 is 0 Å². The average Bonchev–Trinajstić information content (AvgIpc) is 3.12. The lowest BCUT2D eigenvalue weighted by molar-refractivity contribution is 0.415. The van der Waals surface area contributed by atoms with Gasteiger partial charge in [-0.3, -0.25) is 0 Å². The van der Waals surface area contributed by atoms with Crippen molar-refractivity contribution in [3.63, 3.8) is 0 Å². The van der Waals surface area contributed by atoms with Gasteiger partial charge in [0.15, 0.2) is 0 Å². The van der Waals surface area contributed by atoms with E-state index in [4.69, 9.17) is 37.1 Å². The summed E-state index contributed by atoms with van der Waals surface area (Å²) in [6.45, 7) is 2.45. The van der Waals surface area contributed by atoms with E-state index in [2.05, 4.69) is 15.3 Å². The standard InChI is InChI=1S/C21H17Cl2N3O3/c1-12-7-8-28-19(12)11-24-20-15-10-14(27-2)4-5-17(15)25-21(26-20)29-18-6-3-13(22)9-16(18)23/h3-10H,11H2,1-2H3,(H,24,25,26). The Kier molecular flexibility index (Phi) is 5.47. The van der Waals surface area contributed by atoms with Crippen molar-refractivity contribution in [1.29, 1.82) is 0 Å². The molecule has 0 fully saturated rings. The monoisotopic (exact) mass is 429 g/mol. The molecule has 0 atom stereocenters. The predicted molar refractivity (Wildman–Crippen MR) is 113 cm³/mol. The Morgan fingerprint density at radius 2 is 1.93 bits per heavy atom. The van der Waals surface area contributed by atoms with Gasteiger partial charge in [-0.1, -0.05) is 23.2 Å². The van der Waals surface area contributed by atoms with Crippen LogP contribution in [0.15, 0.2) is 53.1 Å². The van der Waals surface area contributed by atoms with E-state index in [0.717, 1.165) is 16.7 Å². The van der Waals surface area contributed by atoms with Crippen molar-refractivity contribution in [3.8, 4) is 17.5 Å². The van der Waals surface area contributed by atoms with Crippen molar-refractivity contribution < 1.29 is 13.9 Å². The molecule has 0 amide bonds. The Morgan fingerprint density at radius 3 is 2.66 bits per heavy atom. The normalized spacial score (nSPS) is 10.9. The van der Waals surface area contributed by atoms with Crippen molar-refractivity contribution in [2.75, 3.05) is 12.4 Å². The summed E-state index contributed by atoms with van der Waals surface area (Å²) in [6.07, 6.45) is 1.66. The fraction of sp³-hybridized carbons (Fsp3) is 0.143. The summed E-state index contributed by atoms with van der Waals surface area (Å²) in [6, 6.07) is 12.6. The van der Waals surface area contributed by atoms with Crippen molar-refractivity contribution >= 4 is 39.9 Å². The second kappa shape index (κ2) is 8.19. The Labute approximate surface area is 177 Å². The SMILES string of the molecule is COc1ccc2nc(Oc3ccc(Cl)cc3Cl)nc(NCc3occc3C)c2c1. The molecule has 2 aromatic heterocycles. The molecule has 0 saturated heterocycles. The molecular weight excluding hydrogens is 413 g/mol. The van der Waals surface area contributed by atoms with Crippen molar-refractivity contribution in [2.24, 2.45) is 0 Å². The zero-order valence-corrected chi connectivity index (χ0v) is 17.2. The highest BCUT2D eigenvalue weighted by Gasteiger charge is 2.13. The Balaban J connectivity index is 1.72. The molecular formula is C21H17Cl2N3O3. The van der Waals surface area contributed by atoms with E-state index in [-0.39, 0.29) is 6.01 Å². The molecule has 2 aromatic carbocycles. The van der Waals surface area contributed by atoms with Crippen LogP contribution >= 0.6 is 23.2 Å².